The van der Waals surface area contributed by atoms with Gasteiger partial charge in [-0.3, -0.25) is 0 Å². The molecule has 5 heteroatoms. The molecule has 0 amide bonds. The first-order valence-electron chi connectivity index (χ1n) is 7.17. The molecule has 0 saturated carbocycles. The first-order chi connectivity index (χ1) is 9.93. The lowest BCUT2D eigenvalue weighted by Gasteiger charge is -2.41. The van der Waals surface area contributed by atoms with E-state index in [1.165, 1.54) is 13.0 Å². The summed E-state index contributed by atoms with van der Waals surface area (Å²) in [6.07, 6.45) is -2.10. The number of benzene rings is 1. The molecule has 1 saturated heterocycles. The summed E-state index contributed by atoms with van der Waals surface area (Å²) < 4.78 is 39.5. The maximum atomic E-state index is 14.3. The number of hydrogen-bond donors (Lipinski definition) is 0. The molecule has 21 heavy (non-hydrogen) atoms. The maximum Gasteiger partial charge on any atom is 0.181 e. The Labute approximate surface area is 123 Å². The smallest absolute Gasteiger partial charge is 0.181 e. The van der Waals surface area contributed by atoms with Gasteiger partial charge in [-0.15, -0.1) is 0 Å². The van der Waals surface area contributed by atoms with E-state index in [-0.39, 0.29) is 17.8 Å². The predicted molar refractivity (Wildman–Crippen MR) is 75.5 cm³/mol. The van der Waals surface area contributed by atoms with Gasteiger partial charge in [0.25, 0.3) is 0 Å². The third kappa shape index (κ3) is 2.24. The van der Waals surface area contributed by atoms with E-state index >= 15 is 0 Å². The Hall–Kier alpha value is -1.49. The lowest BCUT2D eigenvalue weighted by atomic mass is 9.73. The summed E-state index contributed by atoms with van der Waals surface area (Å²) in [7, 11) is 0. The zero-order valence-electron chi connectivity index (χ0n) is 12.3. The number of nitrogens with zero attached hydrogens (tertiary/aromatic N) is 1. The van der Waals surface area contributed by atoms with Crippen molar-refractivity contribution >= 4 is 5.90 Å². The van der Waals surface area contributed by atoms with Crippen molar-refractivity contribution in [1.29, 1.82) is 0 Å². The largest absolute Gasteiger partial charge is 0.475 e. The average molecular weight is 295 g/mol. The summed E-state index contributed by atoms with van der Waals surface area (Å²) in [4.78, 5) is 4.53. The highest BCUT2D eigenvalue weighted by Gasteiger charge is 2.55. The third-order valence-electron chi connectivity index (χ3n) is 4.44. The molecule has 0 aromatic heterocycles. The summed E-state index contributed by atoms with van der Waals surface area (Å²) in [6, 6.07) is 6.50. The van der Waals surface area contributed by atoms with Crippen molar-refractivity contribution in [3.63, 3.8) is 0 Å². The molecule has 2 aliphatic heterocycles. The van der Waals surface area contributed by atoms with E-state index in [1.54, 1.807) is 25.1 Å². The highest BCUT2D eigenvalue weighted by molar-refractivity contribution is 5.75. The van der Waals surface area contributed by atoms with E-state index in [0.717, 1.165) is 0 Å². The van der Waals surface area contributed by atoms with Crippen LogP contribution in [0, 0.1) is 11.7 Å². The van der Waals surface area contributed by atoms with E-state index in [9.17, 15) is 8.78 Å². The Bertz CT molecular complexity index is 575. The van der Waals surface area contributed by atoms with Crippen molar-refractivity contribution in [2.24, 2.45) is 10.9 Å². The normalized spacial score (nSPS) is 36.6. The second kappa shape index (κ2) is 5.05. The number of hydrogen-bond acceptors (Lipinski definition) is 3. The van der Waals surface area contributed by atoms with Crippen LogP contribution < -0.4 is 0 Å². The molecule has 0 spiro atoms. The molecule has 5 atom stereocenters. The highest BCUT2D eigenvalue weighted by atomic mass is 19.1. The van der Waals surface area contributed by atoms with Crippen LogP contribution in [0.1, 0.15) is 26.3 Å². The molecule has 2 aliphatic rings. The topological polar surface area (TPSA) is 30.8 Å². The highest BCUT2D eigenvalue weighted by Crippen LogP contribution is 2.47. The van der Waals surface area contributed by atoms with Gasteiger partial charge in [-0.05, 0) is 19.9 Å². The van der Waals surface area contributed by atoms with Crippen molar-refractivity contribution in [3.05, 3.63) is 35.6 Å². The minimum absolute atomic E-state index is 0.296. The minimum Gasteiger partial charge on any atom is -0.475 e. The first-order valence-corrected chi connectivity index (χ1v) is 7.17. The van der Waals surface area contributed by atoms with Gasteiger partial charge in [-0.25, -0.2) is 13.8 Å². The van der Waals surface area contributed by atoms with Gasteiger partial charge in [0.05, 0.1) is 24.2 Å². The van der Waals surface area contributed by atoms with Crippen molar-refractivity contribution in [3.8, 4) is 0 Å². The van der Waals surface area contributed by atoms with Crippen LogP contribution in [0.25, 0.3) is 0 Å². The van der Waals surface area contributed by atoms with Gasteiger partial charge < -0.3 is 9.47 Å². The van der Waals surface area contributed by atoms with Crippen LogP contribution in [0.3, 0.4) is 0 Å². The quantitative estimate of drug-likeness (QED) is 0.838. The van der Waals surface area contributed by atoms with Crippen molar-refractivity contribution in [2.45, 2.75) is 44.7 Å². The summed E-state index contributed by atoms with van der Waals surface area (Å²) in [6.45, 7) is 5.33. The molecular weight excluding hydrogens is 276 g/mol. The van der Waals surface area contributed by atoms with Gasteiger partial charge in [0.2, 0.25) is 0 Å². The van der Waals surface area contributed by atoms with Gasteiger partial charge in [-0.2, -0.15) is 0 Å². The Kier molecular flexibility index (Phi) is 3.48. The number of alkyl halides is 1. The van der Waals surface area contributed by atoms with E-state index in [2.05, 4.69) is 4.99 Å². The number of fused-ring (bicyclic) bond motifs is 1. The fraction of sp³-hybridized carbons (Fsp3) is 0.562. The Morgan fingerprint density at radius 2 is 2.10 bits per heavy atom. The number of aliphatic imine (C=N–C) groups is 1. The van der Waals surface area contributed by atoms with Crippen LogP contribution in [0.15, 0.2) is 29.3 Å². The molecule has 1 unspecified atom stereocenters. The van der Waals surface area contributed by atoms with E-state index in [0.29, 0.717) is 18.1 Å². The zero-order valence-corrected chi connectivity index (χ0v) is 12.3. The SMILES string of the molecule is CC1=N[C@](C)(c2ccccc2F)[C@@H]2[C@@H](CO[C@H]2C(C)F)O1. The molecule has 0 N–H and O–H groups in total. The van der Waals surface area contributed by atoms with Crippen molar-refractivity contribution in [1.82, 2.24) is 0 Å². The second-order valence-corrected chi connectivity index (χ2v) is 5.92. The van der Waals surface area contributed by atoms with Gasteiger partial charge in [-0.1, -0.05) is 18.2 Å². The van der Waals surface area contributed by atoms with E-state index in [4.69, 9.17) is 9.47 Å². The van der Waals surface area contributed by atoms with Gasteiger partial charge in [0.15, 0.2) is 5.90 Å². The van der Waals surface area contributed by atoms with Crippen LogP contribution in [-0.4, -0.2) is 30.9 Å². The van der Waals surface area contributed by atoms with Gasteiger partial charge in [0, 0.05) is 12.5 Å². The van der Waals surface area contributed by atoms with Crippen LogP contribution in [-0.2, 0) is 15.0 Å². The average Bonchev–Trinajstić information content (AvgIpc) is 2.83. The molecular formula is C16H19F2NO2. The third-order valence-corrected chi connectivity index (χ3v) is 4.44. The minimum atomic E-state index is -1.16. The standard InChI is InChI=1S/C16H19F2NO2/c1-9(17)15-14-13(8-20-15)21-10(2)19-16(14,3)11-6-4-5-7-12(11)18/h4-7,9,13-15H,8H2,1-3H3/t9?,13-,14-,15+,16-/m1/s1. The lowest BCUT2D eigenvalue weighted by molar-refractivity contribution is 0.00750. The van der Waals surface area contributed by atoms with Crippen LogP contribution in [0.2, 0.25) is 0 Å². The molecule has 1 aromatic rings. The predicted octanol–water partition coefficient (Wildman–Crippen LogP) is 3.23. The maximum absolute atomic E-state index is 14.3. The fourth-order valence-electron chi connectivity index (χ4n) is 3.59. The molecule has 3 rings (SSSR count). The molecule has 2 heterocycles. The molecule has 0 bridgehead atoms. The van der Waals surface area contributed by atoms with Crippen LogP contribution >= 0.6 is 0 Å². The molecule has 1 fully saturated rings. The fourth-order valence-corrected chi connectivity index (χ4v) is 3.59. The Morgan fingerprint density at radius 3 is 2.76 bits per heavy atom. The summed E-state index contributed by atoms with van der Waals surface area (Å²) >= 11 is 0. The number of ether oxygens (including phenoxy) is 2. The molecule has 1 aromatic carbocycles. The molecule has 3 nitrogen and oxygen atoms in total. The summed E-state index contributed by atoms with van der Waals surface area (Å²) in [5.74, 6) is -0.203. The number of rotatable bonds is 2. The summed E-state index contributed by atoms with van der Waals surface area (Å²) in [5.41, 5.74) is -0.432. The zero-order chi connectivity index (χ0) is 15.2. The lowest BCUT2D eigenvalue weighted by Crippen LogP contribution is -2.49. The van der Waals surface area contributed by atoms with E-state index in [1.807, 2.05) is 6.92 Å². The van der Waals surface area contributed by atoms with Gasteiger partial charge >= 0.3 is 0 Å². The first kappa shape index (κ1) is 14.4. The summed E-state index contributed by atoms with van der Waals surface area (Å²) in [5, 5.41) is 0. The Balaban J connectivity index is 2.13. The van der Waals surface area contributed by atoms with E-state index < -0.39 is 17.8 Å². The van der Waals surface area contributed by atoms with Gasteiger partial charge in [0.1, 0.15) is 18.1 Å². The Morgan fingerprint density at radius 1 is 1.38 bits per heavy atom. The molecule has 0 aliphatic carbocycles. The number of halogens is 2. The van der Waals surface area contributed by atoms with Crippen molar-refractivity contribution < 1.29 is 18.3 Å². The second-order valence-electron chi connectivity index (χ2n) is 5.92. The molecule has 114 valence electrons. The molecule has 0 radical (unpaired) electrons. The van der Waals surface area contributed by atoms with Crippen molar-refractivity contribution in [2.75, 3.05) is 6.61 Å². The van der Waals surface area contributed by atoms with Crippen LogP contribution in [0.5, 0.6) is 0 Å². The monoisotopic (exact) mass is 295 g/mol. The van der Waals surface area contributed by atoms with Crippen LogP contribution in [0.4, 0.5) is 8.78 Å².